The van der Waals surface area contributed by atoms with E-state index in [9.17, 15) is 0 Å². The van der Waals surface area contributed by atoms with Crippen molar-refractivity contribution in [2.45, 2.75) is 46.3 Å². The van der Waals surface area contributed by atoms with Crippen molar-refractivity contribution in [3.8, 4) is 0 Å². The van der Waals surface area contributed by atoms with Crippen LogP contribution in [0, 0.1) is 0 Å². The number of ether oxygens (including phenoxy) is 2. The molecule has 0 unspecified atom stereocenters. The predicted octanol–water partition coefficient (Wildman–Crippen LogP) is 2.58. The van der Waals surface area contributed by atoms with Crippen LogP contribution in [0.25, 0.3) is 0 Å². The summed E-state index contributed by atoms with van der Waals surface area (Å²) in [4.78, 5) is 0. The van der Waals surface area contributed by atoms with Crippen molar-refractivity contribution in [2.75, 3.05) is 13.2 Å². The third-order valence-electron chi connectivity index (χ3n) is 1.52. The van der Waals surface area contributed by atoms with E-state index in [2.05, 4.69) is 20.8 Å². The first kappa shape index (κ1) is 10.9. The van der Waals surface area contributed by atoms with E-state index in [1.54, 1.807) is 0 Å². The van der Waals surface area contributed by atoms with E-state index in [1.165, 1.54) is 12.8 Å². The molecule has 11 heavy (non-hydrogen) atoms. The average molecular weight is 160 g/mol. The van der Waals surface area contributed by atoms with Crippen LogP contribution in [0.3, 0.4) is 0 Å². The number of unbranched alkanes of at least 4 members (excludes halogenated alkanes) is 1. The Bertz CT molecular complexity index is 66.0. The van der Waals surface area contributed by atoms with Crippen LogP contribution < -0.4 is 0 Å². The monoisotopic (exact) mass is 160 g/mol. The fourth-order valence-electron chi connectivity index (χ4n) is 0.643. The van der Waals surface area contributed by atoms with Crippen LogP contribution in [0.2, 0.25) is 0 Å². The lowest BCUT2D eigenvalue weighted by Gasteiger charge is -2.01. The Hall–Kier alpha value is -0.0800. The summed E-state index contributed by atoms with van der Waals surface area (Å²) in [5, 5.41) is 0. The molecular weight excluding hydrogens is 140 g/mol. The molecule has 0 aromatic rings. The first-order valence-corrected chi connectivity index (χ1v) is 4.58. The summed E-state index contributed by atoms with van der Waals surface area (Å²) in [6.45, 7) is 7.97. The first-order valence-electron chi connectivity index (χ1n) is 4.58. The van der Waals surface area contributed by atoms with Gasteiger partial charge in [-0.1, -0.05) is 33.6 Å². The molecule has 1 aliphatic heterocycles. The minimum atomic E-state index is 0.0972. The highest BCUT2D eigenvalue weighted by atomic mass is 16.7. The summed E-state index contributed by atoms with van der Waals surface area (Å²) in [7, 11) is 0. The third-order valence-corrected chi connectivity index (χ3v) is 1.52. The van der Waals surface area contributed by atoms with Crippen LogP contribution in [-0.4, -0.2) is 19.5 Å². The molecule has 1 rings (SSSR count). The maximum absolute atomic E-state index is 5.08. The zero-order valence-electron chi connectivity index (χ0n) is 7.93. The lowest BCUT2D eigenvalue weighted by molar-refractivity contribution is -0.0430. The van der Waals surface area contributed by atoms with Crippen molar-refractivity contribution in [3.63, 3.8) is 0 Å². The molecule has 1 saturated heterocycles. The molecule has 1 heterocycles. The molecule has 2 heteroatoms. The molecule has 0 saturated carbocycles. The van der Waals surface area contributed by atoms with E-state index in [0.29, 0.717) is 0 Å². The van der Waals surface area contributed by atoms with Crippen LogP contribution in [0.1, 0.15) is 40.0 Å². The molecule has 0 bridgehead atoms. The van der Waals surface area contributed by atoms with Gasteiger partial charge in [0.1, 0.15) is 0 Å². The molecule has 0 atom stereocenters. The van der Waals surface area contributed by atoms with E-state index in [0.717, 1.165) is 19.6 Å². The smallest absolute Gasteiger partial charge is 0.157 e. The Morgan fingerprint density at radius 1 is 1.00 bits per heavy atom. The molecule has 2 nitrogen and oxygen atoms in total. The van der Waals surface area contributed by atoms with E-state index < -0.39 is 0 Å². The second kappa shape index (κ2) is 8.02. The van der Waals surface area contributed by atoms with Crippen molar-refractivity contribution >= 4 is 0 Å². The van der Waals surface area contributed by atoms with Gasteiger partial charge < -0.3 is 9.47 Å². The maximum Gasteiger partial charge on any atom is 0.157 e. The maximum atomic E-state index is 5.08. The quantitative estimate of drug-likeness (QED) is 0.618. The summed E-state index contributed by atoms with van der Waals surface area (Å²) in [5.74, 6) is 0. The Morgan fingerprint density at radius 3 is 1.64 bits per heavy atom. The SMILES string of the molecule is CCC1OCCO1.CCCC. The molecule has 0 radical (unpaired) electrons. The molecular formula is C9H20O2. The molecule has 0 aromatic carbocycles. The Kier molecular flexibility index (Phi) is 7.96. The topological polar surface area (TPSA) is 18.5 Å². The number of hydrogen-bond donors (Lipinski definition) is 0. The number of rotatable bonds is 2. The normalized spacial score (nSPS) is 17.7. The van der Waals surface area contributed by atoms with Gasteiger partial charge in [0.25, 0.3) is 0 Å². The minimum Gasteiger partial charge on any atom is -0.350 e. The van der Waals surface area contributed by atoms with Crippen molar-refractivity contribution in [3.05, 3.63) is 0 Å². The van der Waals surface area contributed by atoms with Gasteiger partial charge in [0.2, 0.25) is 0 Å². The van der Waals surface area contributed by atoms with Gasteiger partial charge in [-0.3, -0.25) is 0 Å². The van der Waals surface area contributed by atoms with Gasteiger partial charge in [-0.05, 0) is 6.42 Å². The summed E-state index contributed by atoms with van der Waals surface area (Å²) in [5.41, 5.74) is 0. The highest BCUT2D eigenvalue weighted by molar-refractivity contribution is 4.46. The van der Waals surface area contributed by atoms with E-state index in [1.807, 2.05) is 0 Å². The molecule has 0 N–H and O–H groups in total. The lowest BCUT2D eigenvalue weighted by Crippen LogP contribution is -2.03. The second-order valence-electron chi connectivity index (χ2n) is 2.58. The van der Waals surface area contributed by atoms with Gasteiger partial charge >= 0.3 is 0 Å². The zero-order chi connectivity index (χ0) is 8.53. The van der Waals surface area contributed by atoms with Crippen LogP contribution in [0.4, 0.5) is 0 Å². The molecule has 0 amide bonds. The minimum absolute atomic E-state index is 0.0972. The van der Waals surface area contributed by atoms with Gasteiger partial charge in [-0.25, -0.2) is 0 Å². The molecule has 0 aromatic heterocycles. The molecule has 1 aliphatic rings. The standard InChI is InChI=1S/C5H10O2.C4H10/c1-2-5-6-3-4-7-5;1-3-4-2/h5H,2-4H2,1H3;3-4H2,1-2H3. The Labute approximate surface area is 69.9 Å². The Balaban J connectivity index is 0.000000218. The van der Waals surface area contributed by atoms with Gasteiger partial charge in [-0.2, -0.15) is 0 Å². The second-order valence-corrected chi connectivity index (χ2v) is 2.58. The molecule has 0 spiro atoms. The number of hydrogen-bond acceptors (Lipinski definition) is 2. The van der Waals surface area contributed by atoms with E-state index in [-0.39, 0.29) is 6.29 Å². The van der Waals surface area contributed by atoms with Crippen LogP contribution in [0.15, 0.2) is 0 Å². The summed E-state index contributed by atoms with van der Waals surface area (Å²) < 4.78 is 10.2. The third kappa shape index (κ3) is 6.32. The lowest BCUT2D eigenvalue weighted by atomic mass is 10.4. The molecule has 0 aliphatic carbocycles. The predicted molar refractivity (Wildman–Crippen MR) is 46.6 cm³/mol. The highest BCUT2D eigenvalue weighted by Gasteiger charge is 2.11. The molecule has 1 fully saturated rings. The van der Waals surface area contributed by atoms with Gasteiger partial charge in [0.15, 0.2) is 6.29 Å². The Morgan fingerprint density at radius 2 is 1.45 bits per heavy atom. The average Bonchev–Trinajstić information content (AvgIpc) is 2.56. The van der Waals surface area contributed by atoms with Crippen LogP contribution in [-0.2, 0) is 9.47 Å². The van der Waals surface area contributed by atoms with Gasteiger partial charge in [0, 0.05) is 0 Å². The van der Waals surface area contributed by atoms with E-state index in [4.69, 9.17) is 9.47 Å². The largest absolute Gasteiger partial charge is 0.350 e. The summed E-state index contributed by atoms with van der Waals surface area (Å²) in [6, 6.07) is 0. The van der Waals surface area contributed by atoms with Gasteiger partial charge in [-0.15, -0.1) is 0 Å². The van der Waals surface area contributed by atoms with Crippen molar-refractivity contribution < 1.29 is 9.47 Å². The van der Waals surface area contributed by atoms with Gasteiger partial charge in [0.05, 0.1) is 13.2 Å². The zero-order valence-corrected chi connectivity index (χ0v) is 7.93. The fourth-order valence-corrected chi connectivity index (χ4v) is 0.643. The van der Waals surface area contributed by atoms with Crippen molar-refractivity contribution in [1.29, 1.82) is 0 Å². The van der Waals surface area contributed by atoms with Crippen LogP contribution in [0.5, 0.6) is 0 Å². The molecule has 68 valence electrons. The van der Waals surface area contributed by atoms with Crippen molar-refractivity contribution in [1.82, 2.24) is 0 Å². The first-order chi connectivity index (χ1) is 5.35. The summed E-state index contributed by atoms with van der Waals surface area (Å²) in [6.07, 6.45) is 3.71. The van der Waals surface area contributed by atoms with Crippen LogP contribution >= 0.6 is 0 Å². The highest BCUT2D eigenvalue weighted by Crippen LogP contribution is 2.05. The fraction of sp³-hybridized carbons (Fsp3) is 1.00. The summed E-state index contributed by atoms with van der Waals surface area (Å²) >= 11 is 0. The van der Waals surface area contributed by atoms with Crippen molar-refractivity contribution in [2.24, 2.45) is 0 Å². The van der Waals surface area contributed by atoms with E-state index >= 15 is 0 Å².